The van der Waals surface area contributed by atoms with Gasteiger partial charge in [0.1, 0.15) is 0 Å². The van der Waals surface area contributed by atoms with Crippen molar-refractivity contribution in [2.45, 2.75) is 39.8 Å². The van der Waals surface area contributed by atoms with Crippen LogP contribution in [-0.2, 0) is 22.7 Å². The van der Waals surface area contributed by atoms with Gasteiger partial charge in [0.25, 0.3) is 0 Å². The van der Waals surface area contributed by atoms with Crippen LogP contribution >= 0.6 is 0 Å². The largest absolute Gasteiger partial charge is 0.335 e. The maximum atomic E-state index is 12.5. The fourth-order valence-electron chi connectivity index (χ4n) is 3.45. The van der Waals surface area contributed by atoms with E-state index < -0.39 is 0 Å². The van der Waals surface area contributed by atoms with Crippen molar-refractivity contribution in [2.75, 3.05) is 19.6 Å². The molecule has 1 fully saturated rings. The zero-order valence-corrected chi connectivity index (χ0v) is 15.5. The lowest BCUT2D eigenvalue weighted by atomic mass is 10.1. The van der Waals surface area contributed by atoms with E-state index in [0.717, 1.165) is 18.5 Å². The van der Waals surface area contributed by atoms with E-state index in [2.05, 4.69) is 37.1 Å². The van der Waals surface area contributed by atoms with Crippen LogP contribution in [0.5, 0.6) is 0 Å². The highest BCUT2D eigenvalue weighted by molar-refractivity contribution is 5.86. The Morgan fingerprint density at radius 1 is 1.15 bits per heavy atom. The van der Waals surface area contributed by atoms with Gasteiger partial charge in [-0.2, -0.15) is 5.10 Å². The van der Waals surface area contributed by atoms with Gasteiger partial charge < -0.3 is 9.80 Å². The fourth-order valence-corrected chi connectivity index (χ4v) is 3.45. The molecule has 0 bridgehead atoms. The minimum atomic E-state index is 0.0239. The molecule has 3 rings (SSSR count). The molecule has 0 spiro atoms. The molecule has 2 amide bonds. The molecule has 26 heavy (non-hydrogen) atoms. The average molecular weight is 354 g/mol. The normalized spacial score (nSPS) is 14.8. The van der Waals surface area contributed by atoms with E-state index in [4.69, 9.17) is 0 Å². The van der Waals surface area contributed by atoms with Gasteiger partial charge in [0.15, 0.2) is 0 Å². The van der Waals surface area contributed by atoms with Crippen LogP contribution in [-0.4, -0.2) is 51.0 Å². The zero-order valence-electron chi connectivity index (χ0n) is 15.5. The van der Waals surface area contributed by atoms with Gasteiger partial charge in [0.2, 0.25) is 11.8 Å². The van der Waals surface area contributed by atoms with Crippen molar-refractivity contribution >= 4 is 11.8 Å². The van der Waals surface area contributed by atoms with Crippen LogP contribution in [0.2, 0.25) is 0 Å². The molecule has 0 atom stereocenters. The van der Waals surface area contributed by atoms with E-state index in [1.807, 2.05) is 21.8 Å². The van der Waals surface area contributed by atoms with Gasteiger partial charge in [-0.15, -0.1) is 0 Å². The SMILES string of the molecule is Cc1cc(C)cc(CN2CCN(C(=O)CCCn3cccn3)CC2=O)c1. The van der Waals surface area contributed by atoms with Gasteiger partial charge in [-0.25, -0.2) is 0 Å². The second-order valence-electron chi connectivity index (χ2n) is 7.00. The van der Waals surface area contributed by atoms with Gasteiger partial charge in [-0.05, 0) is 31.9 Å². The van der Waals surface area contributed by atoms with Gasteiger partial charge in [-0.3, -0.25) is 14.3 Å². The molecule has 1 aromatic carbocycles. The summed E-state index contributed by atoms with van der Waals surface area (Å²) in [6, 6.07) is 8.24. The summed E-state index contributed by atoms with van der Waals surface area (Å²) in [5.74, 6) is 0.0763. The fraction of sp³-hybridized carbons (Fsp3) is 0.450. The van der Waals surface area contributed by atoms with Crippen LogP contribution < -0.4 is 0 Å². The minimum absolute atomic E-state index is 0.0239. The molecule has 1 saturated heterocycles. The minimum Gasteiger partial charge on any atom is -0.335 e. The first-order valence-corrected chi connectivity index (χ1v) is 9.11. The lowest BCUT2D eigenvalue weighted by molar-refractivity contribution is -0.145. The molecule has 6 heteroatoms. The van der Waals surface area contributed by atoms with Crippen molar-refractivity contribution in [1.82, 2.24) is 19.6 Å². The summed E-state index contributed by atoms with van der Waals surface area (Å²) in [5.41, 5.74) is 3.56. The molecule has 6 nitrogen and oxygen atoms in total. The topological polar surface area (TPSA) is 58.4 Å². The van der Waals surface area contributed by atoms with Crippen LogP contribution in [0.3, 0.4) is 0 Å². The first-order valence-electron chi connectivity index (χ1n) is 9.11. The van der Waals surface area contributed by atoms with Crippen molar-refractivity contribution in [3.05, 3.63) is 53.3 Å². The zero-order chi connectivity index (χ0) is 18.5. The number of hydrogen-bond acceptors (Lipinski definition) is 3. The summed E-state index contributed by atoms with van der Waals surface area (Å²) in [5, 5.41) is 4.13. The van der Waals surface area contributed by atoms with E-state index in [1.165, 1.54) is 11.1 Å². The summed E-state index contributed by atoms with van der Waals surface area (Å²) in [6.07, 6.45) is 4.80. The first-order chi connectivity index (χ1) is 12.5. The molecule has 1 aromatic heterocycles. The number of nitrogens with zero attached hydrogens (tertiary/aromatic N) is 4. The number of aromatic nitrogens is 2. The van der Waals surface area contributed by atoms with Gasteiger partial charge in [-0.1, -0.05) is 29.3 Å². The Balaban J connectivity index is 1.48. The number of piperazine rings is 1. The predicted octanol–water partition coefficient (Wildman–Crippen LogP) is 2.15. The van der Waals surface area contributed by atoms with Crippen LogP contribution in [0.1, 0.15) is 29.5 Å². The van der Waals surface area contributed by atoms with Crippen LogP contribution in [0.15, 0.2) is 36.7 Å². The molecule has 2 heterocycles. The van der Waals surface area contributed by atoms with Crippen molar-refractivity contribution in [3.63, 3.8) is 0 Å². The smallest absolute Gasteiger partial charge is 0.242 e. The molecule has 138 valence electrons. The molecule has 0 N–H and O–H groups in total. The maximum absolute atomic E-state index is 12.5. The predicted molar refractivity (Wildman–Crippen MR) is 99.4 cm³/mol. The number of rotatable bonds is 6. The summed E-state index contributed by atoms with van der Waals surface area (Å²) >= 11 is 0. The number of amides is 2. The molecule has 0 unspecified atom stereocenters. The van der Waals surface area contributed by atoms with Gasteiger partial charge in [0.05, 0.1) is 6.54 Å². The van der Waals surface area contributed by atoms with E-state index >= 15 is 0 Å². The number of benzene rings is 1. The Kier molecular flexibility index (Phi) is 5.71. The van der Waals surface area contributed by atoms with Crippen LogP contribution in [0.25, 0.3) is 0 Å². The van der Waals surface area contributed by atoms with E-state index in [-0.39, 0.29) is 18.4 Å². The molecular weight excluding hydrogens is 328 g/mol. The summed E-state index contributed by atoms with van der Waals surface area (Å²) in [6.45, 7) is 6.86. The molecule has 0 aliphatic carbocycles. The van der Waals surface area contributed by atoms with E-state index in [1.54, 1.807) is 11.1 Å². The summed E-state index contributed by atoms with van der Waals surface area (Å²) in [7, 11) is 0. The number of hydrogen-bond donors (Lipinski definition) is 0. The molecule has 2 aromatic rings. The van der Waals surface area contributed by atoms with E-state index in [9.17, 15) is 9.59 Å². The number of carbonyl (C=O) groups is 2. The third-order valence-electron chi connectivity index (χ3n) is 4.66. The van der Waals surface area contributed by atoms with Crippen molar-refractivity contribution in [1.29, 1.82) is 0 Å². The summed E-state index contributed by atoms with van der Waals surface area (Å²) < 4.78 is 1.82. The first kappa shape index (κ1) is 18.2. The Morgan fingerprint density at radius 2 is 1.92 bits per heavy atom. The standard InChI is InChI=1S/C20H26N4O2/c1-16-11-17(2)13-18(12-16)14-22-9-10-23(15-20(22)26)19(25)5-3-7-24-8-4-6-21-24/h4,6,8,11-13H,3,5,7,9-10,14-15H2,1-2H3. The average Bonchev–Trinajstić information content (AvgIpc) is 3.09. The molecule has 0 saturated carbocycles. The third kappa shape index (κ3) is 4.71. The Morgan fingerprint density at radius 3 is 2.58 bits per heavy atom. The van der Waals surface area contributed by atoms with Crippen LogP contribution in [0.4, 0.5) is 0 Å². The Labute approximate surface area is 154 Å². The molecule has 1 aliphatic heterocycles. The third-order valence-corrected chi connectivity index (χ3v) is 4.66. The molecular formula is C20H26N4O2. The lowest BCUT2D eigenvalue weighted by Crippen LogP contribution is -2.51. The quantitative estimate of drug-likeness (QED) is 0.799. The van der Waals surface area contributed by atoms with Crippen molar-refractivity contribution in [2.24, 2.45) is 0 Å². The van der Waals surface area contributed by atoms with Crippen molar-refractivity contribution < 1.29 is 9.59 Å². The van der Waals surface area contributed by atoms with Crippen molar-refractivity contribution in [3.8, 4) is 0 Å². The second kappa shape index (κ2) is 8.17. The number of carbonyl (C=O) groups excluding carboxylic acids is 2. The van der Waals surface area contributed by atoms with Crippen LogP contribution in [0, 0.1) is 13.8 Å². The monoisotopic (exact) mass is 354 g/mol. The maximum Gasteiger partial charge on any atom is 0.242 e. The molecule has 0 radical (unpaired) electrons. The highest BCUT2D eigenvalue weighted by Gasteiger charge is 2.26. The lowest BCUT2D eigenvalue weighted by Gasteiger charge is -2.34. The van der Waals surface area contributed by atoms with Gasteiger partial charge >= 0.3 is 0 Å². The van der Waals surface area contributed by atoms with Gasteiger partial charge in [0, 0.05) is 45.0 Å². The Bertz CT molecular complexity index is 750. The second-order valence-corrected chi connectivity index (χ2v) is 7.00. The number of aryl methyl sites for hydroxylation is 3. The molecule has 1 aliphatic rings. The summed E-state index contributed by atoms with van der Waals surface area (Å²) in [4.78, 5) is 28.3. The van der Waals surface area contributed by atoms with E-state index in [0.29, 0.717) is 26.1 Å². The highest BCUT2D eigenvalue weighted by Crippen LogP contribution is 2.14. The highest BCUT2D eigenvalue weighted by atomic mass is 16.2. The Hall–Kier alpha value is -2.63.